The number of aromatic nitrogens is 1. The molecule has 2 rings (SSSR count). The van der Waals surface area contributed by atoms with Crippen LogP contribution in [0.1, 0.15) is 21.6 Å². The number of amides is 1. The number of halogens is 1. The quantitative estimate of drug-likeness (QED) is 0.829. The number of methoxy groups -OCH3 is 1. The molecule has 0 radical (unpaired) electrons. The smallest absolute Gasteiger partial charge is 0.337 e. The van der Waals surface area contributed by atoms with E-state index in [0.717, 1.165) is 10.0 Å². The number of carbonyl (C=O) groups is 2. The number of nitrogens with zero attached hydrogens (tertiary/aromatic N) is 1. The van der Waals surface area contributed by atoms with Gasteiger partial charge in [-0.25, -0.2) is 4.79 Å². The van der Waals surface area contributed by atoms with Gasteiger partial charge < -0.3 is 10.1 Å². The Labute approximate surface area is 136 Å². The van der Waals surface area contributed by atoms with Crippen molar-refractivity contribution in [1.29, 1.82) is 0 Å². The van der Waals surface area contributed by atoms with Crippen LogP contribution in [0, 0.1) is 0 Å². The highest BCUT2D eigenvalue weighted by molar-refractivity contribution is 9.10. The summed E-state index contributed by atoms with van der Waals surface area (Å²) in [4.78, 5) is 27.5. The van der Waals surface area contributed by atoms with Crippen molar-refractivity contribution in [2.45, 2.75) is 13.0 Å². The van der Waals surface area contributed by atoms with Gasteiger partial charge in [0.1, 0.15) is 0 Å². The van der Waals surface area contributed by atoms with Crippen LogP contribution in [0.5, 0.6) is 0 Å². The largest absolute Gasteiger partial charge is 0.465 e. The monoisotopic (exact) mass is 362 g/mol. The predicted molar refractivity (Wildman–Crippen MR) is 85.3 cm³/mol. The number of ether oxygens (including phenoxy) is 1. The molecule has 5 nitrogen and oxygen atoms in total. The molecule has 0 aliphatic heterocycles. The maximum Gasteiger partial charge on any atom is 0.337 e. The molecule has 0 aliphatic rings. The number of benzene rings is 1. The number of hydrogen-bond donors (Lipinski definition) is 1. The van der Waals surface area contributed by atoms with E-state index in [1.54, 1.807) is 12.1 Å². The van der Waals surface area contributed by atoms with E-state index in [1.807, 2.05) is 24.3 Å². The lowest BCUT2D eigenvalue weighted by molar-refractivity contribution is -0.120. The third-order valence-corrected chi connectivity index (χ3v) is 3.79. The lowest BCUT2D eigenvalue weighted by atomic mass is 10.1. The number of esters is 1. The first-order chi connectivity index (χ1) is 10.6. The molecule has 2 aromatic rings. The Morgan fingerprint density at radius 1 is 1.27 bits per heavy atom. The fourth-order valence-corrected chi connectivity index (χ4v) is 2.31. The molecule has 1 N–H and O–H groups in total. The van der Waals surface area contributed by atoms with Gasteiger partial charge >= 0.3 is 5.97 Å². The first-order valence-electron chi connectivity index (χ1n) is 6.63. The van der Waals surface area contributed by atoms with Crippen molar-refractivity contribution >= 4 is 27.8 Å². The normalized spacial score (nSPS) is 10.1. The Balaban J connectivity index is 1.94. The van der Waals surface area contributed by atoms with Crippen LogP contribution in [-0.4, -0.2) is 24.0 Å². The Morgan fingerprint density at radius 2 is 2.05 bits per heavy atom. The van der Waals surface area contributed by atoms with Gasteiger partial charge in [0.15, 0.2) is 0 Å². The number of pyridine rings is 1. The van der Waals surface area contributed by atoms with Crippen LogP contribution in [0.2, 0.25) is 0 Å². The Hall–Kier alpha value is -2.21. The molecule has 0 aliphatic carbocycles. The van der Waals surface area contributed by atoms with Crippen molar-refractivity contribution < 1.29 is 14.3 Å². The summed E-state index contributed by atoms with van der Waals surface area (Å²) < 4.78 is 5.55. The van der Waals surface area contributed by atoms with E-state index in [1.165, 1.54) is 13.3 Å². The highest BCUT2D eigenvalue weighted by Gasteiger charge is 2.09. The summed E-state index contributed by atoms with van der Waals surface area (Å²) in [6.45, 7) is 0.258. The summed E-state index contributed by atoms with van der Waals surface area (Å²) in [5.41, 5.74) is 1.92. The SMILES string of the molecule is COC(=O)c1ccnc(CNC(=O)Cc2ccccc2Br)c1. The molecule has 0 saturated heterocycles. The minimum atomic E-state index is -0.428. The van der Waals surface area contributed by atoms with E-state index in [2.05, 4.69) is 31.0 Å². The molecule has 0 fully saturated rings. The molecule has 0 saturated carbocycles. The Kier molecular flexibility index (Phi) is 5.66. The maximum absolute atomic E-state index is 12.0. The molecule has 1 aromatic carbocycles. The van der Waals surface area contributed by atoms with E-state index >= 15 is 0 Å². The van der Waals surface area contributed by atoms with Crippen LogP contribution >= 0.6 is 15.9 Å². The third-order valence-electron chi connectivity index (χ3n) is 3.01. The number of carbonyl (C=O) groups excluding carboxylic acids is 2. The summed E-state index contributed by atoms with van der Waals surface area (Å²) in [5, 5.41) is 2.78. The molecule has 1 amide bonds. The van der Waals surface area contributed by atoms with Gasteiger partial charge in [-0.05, 0) is 23.8 Å². The predicted octanol–water partition coefficient (Wildman–Crippen LogP) is 2.49. The molecule has 1 heterocycles. The van der Waals surface area contributed by atoms with E-state index in [0.29, 0.717) is 11.3 Å². The molecule has 1 aromatic heterocycles. The zero-order valence-corrected chi connectivity index (χ0v) is 13.6. The van der Waals surface area contributed by atoms with E-state index in [4.69, 9.17) is 0 Å². The van der Waals surface area contributed by atoms with Crippen LogP contribution in [0.3, 0.4) is 0 Å². The average Bonchev–Trinajstić information content (AvgIpc) is 2.54. The van der Waals surface area contributed by atoms with Crippen molar-refractivity contribution in [3.63, 3.8) is 0 Å². The van der Waals surface area contributed by atoms with Crippen LogP contribution in [0.25, 0.3) is 0 Å². The van der Waals surface area contributed by atoms with Gasteiger partial charge in [0.2, 0.25) is 5.91 Å². The molecular formula is C16H15BrN2O3. The van der Waals surface area contributed by atoms with Gasteiger partial charge in [-0.15, -0.1) is 0 Å². The van der Waals surface area contributed by atoms with E-state index < -0.39 is 5.97 Å². The van der Waals surface area contributed by atoms with Gasteiger partial charge in [0, 0.05) is 10.7 Å². The lowest BCUT2D eigenvalue weighted by Gasteiger charge is -2.07. The van der Waals surface area contributed by atoms with Crippen LogP contribution in [0.4, 0.5) is 0 Å². The standard InChI is InChI=1S/C16H15BrN2O3/c1-22-16(21)12-6-7-18-13(8-12)10-19-15(20)9-11-4-2-3-5-14(11)17/h2-8H,9-10H2,1H3,(H,19,20). The minimum absolute atomic E-state index is 0.114. The highest BCUT2D eigenvalue weighted by Crippen LogP contribution is 2.16. The Morgan fingerprint density at radius 3 is 2.77 bits per heavy atom. The molecule has 114 valence electrons. The number of rotatable bonds is 5. The Bertz CT molecular complexity index is 689. The minimum Gasteiger partial charge on any atom is -0.465 e. The van der Waals surface area contributed by atoms with Gasteiger partial charge in [-0.2, -0.15) is 0 Å². The highest BCUT2D eigenvalue weighted by atomic mass is 79.9. The van der Waals surface area contributed by atoms with Crippen LogP contribution < -0.4 is 5.32 Å². The van der Waals surface area contributed by atoms with Gasteiger partial charge in [0.25, 0.3) is 0 Å². The molecule has 0 atom stereocenters. The first-order valence-corrected chi connectivity index (χ1v) is 7.43. The molecular weight excluding hydrogens is 348 g/mol. The molecule has 6 heteroatoms. The van der Waals surface area contributed by atoms with Crippen LogP contribution in [0.15, 0.2) is 47.1 Å². The summed E-state index contributed by atoms with van der Waals surface area (Å²) in [6, 6.07) is 10.7. The fraction of sp³-hybridized carbons (Fsp3) is 0.188. The average molecular weight is 363 g/mol. The lowest BCUT2D eigenvalue weighted by Crippen LogP contribution is -2.25. The van der Waals surface area contributed by atoms with Gasteiger partial charge in [-0.3, -0.25) is 9.78 Å². The van der Waals surface area contributed by atoms with Crippen molar-refractivity contribution in [3.05, 3.63) is 63.9 Å². The zero-order valence-electron chi connectivity index (χ0n) is 12.0. The number of nitrogens with one attached hydrogen (secondary N) is 1. The first kappa shape index (κ1) is 16.2. The van der Waals surface area contributed by atoms with Crippen molar-refractivity contribution in [3.8, 4) is 0 Å². The van der Waals surface area contributed by atoms with Crippen LogP contribution in [-0.2, 0) is 22.5 Å². The zero-order chi connectivity index (χ0) is 15.9. The summed E-state index contributed by atoms with van der Waals surface area (Å²) in [7, 11) is 1.32. The van der Waals surface area contributed by atoms with Gasteiger partial charge in [0.05, 0.1) is 31.3 Å². The van der Waals surface area contributed by atoms with Crippen molar-refractivity contribution in [2.24, 2.45) is 0 Å². The van der Waals surface area contributed by atoms with Crippen molar-refractivity contribution in [2.75, 3.05) is 7.11 Å². The molecule has 0 unspecified atom stereocenters. The maximum atomic E-state index is 12.0. The molecule has 0 spiro atoms. The second kappa shape index (κ2) is 7.70. The molecule has 22 heavy (non-hydrogen) atoms. The fourth-order valence-electron chi connectivity index (χ4n) is 1.89. The van der Waals surface area contributed by atoms with Gasteiger partial charge in [-0.1, -0.05) is 34.1 Å². The van der Waals surface area contributed by atoms with Crippen molar-refractivity contribution in [1.82, 2.24) is 10.3 Å². The second-order valence-electron chi connectivity index (χ2n) is 4.57. The van der Waals surface area contributed by atoms with E-state index in [-0.39, 0.29) is 18.9 Å². The topological polar surface area (TPSA) is 68.3 Å². The van der Waals surface area contributed by atoms with E-state index in [9.17, 15) is 9.59 Å². The summed E-state index contributed by atoms with van der Waals surface area (Å²) >= 11 is 3.41. The second-order valence-corrected chi connectivity index (χ2v) is 5.43. The molecule has 0 bridgehead atoms. The number of hydrogen-bond acceptors (Lipinski definition) is 4. The third kappa shape index (κ3) is 4.39. The summed E-state index contributed by atoms with van der Waals surface area (Å²) in [5.74, 6) is -0.541. The summed E-state index contributed by atoms with van der Waals surface area (Å²) in [6.07, 6.45) is 1.79.